The molecule has 3 aromatic carbocycles. The summed E-state index contributed by atoms with van der Waals surface area (Å²) in [5.41, 5.74) is 1.76. The number of halogens is 1. The summed E-state index contributed by atoms with van der Waals surface area (Å²) in [5, 5.41) is 2.89. The molecule has 0 saturated carbocycles. The van der Waals surface area contributed by atoms with Gasteiger partial charge in [-0.2, -0.15) is 4.31 Å². The molecule has 7 heteroatoms. The van der Waals surface area contributed by atoms with Gasteiger partial charge in [0.2, 0.25) is 15.9 Å². The van der Waals surface area contributed by atoms with Gasteiger partial charge >= 0.3 is 0 Å². The van der Waals surface area contributed by atoms with E-state index < -0.39 is 10.0 Å². The van der Waals surface area contributed by atoms with Crippen LogP contribution in [0.1, 0.15) is 24.1 Å². The largest absolute Gasteiger partial charge is 0.348 e. The van der Waals surface area contributed by atoms with Crippen LogP contribution >= 0.6 is 15.9 Å². The number of sulfonamides is 1. The number of nitrogens with one attached hydrogen (secondary N) is 1. The van der Waals surface area contributed by atoms with Crippen LogP contribution in [0.3, 0.4) is 0 Å². The predicted molar refractivity (Wildman–Crippen MR) is 121 cm³/mol. The summed E-state index contributed by atoms with van der Waals surface area (Å²) in [7, 11) is -3.86. The number of amides is 1. The molecule has 3 rings (SSSR count). The van der Waals surface area contributed by atoms with Crippen LogP contribution in [0.15, 0.2) is 94.3 Å². The second kappa shape index (κ2) is 10.0. The molecule has 30 heavy (non-hydrogen) atoms. The lowest BCUT2D eigenvalue weighted by Crippen LogP contribution is -2.41. The summed E-state index contributed by atoms with van der Waals surface area (Å²) >= 11 is 3.32. The molecular formula is C23H23BrN2O3S. The maximum atomic E-state index is 13.3. The van der Waals surface area contributed by atoms with Gasteiger partial charge < -0.3 is 5.32 Å². The molecule has 0 aliphatic heterocycles. The van der Waals surface area contributed by atoms with E-state index in [1.54, 1.807) is 12.1 Å². The van der Waals surface area contributed by atoms with E-state index in [1.165, 1.54) is 16.4 Å². The Labute approximate surface area is 185 Å². The fourth-order valence-corrected chi connectivity index (χ4v) is 4.69. The quantitative estimate of drug-likeness (QED) is 0.508. The fraction of sp³-hybridized carbons (Fsp3) is 0.174. The number of carbonyl (C=O) groups excluding carboxylic acids is 1. The Balaban J connectivity index is 1.82. The lowest BCUT2D eigenvalue weighted by molar-refractivity contribution is -0.122. The molecule has 0 aliphatic carbocycles. The number of nitrogens with zero attached hydrogens (tertiary/aromatic N) is 1. The van der Waals surface area contributed by atoms with E-state index in [-0.39, 0.29) is 29.9 Å². The Kier molecular flexibility index (Phi) is 7.42. The van der Waals surface area contributed by atoms with Crippen LogP contribution in [-0.4, -0.2) is 25.2 Å². The van der Waals surface area contributed by atoms with Crippen molar-refractivity contribution in [3.05, 3.63) is 101 Å². The Morgan fingerprint density at radius 3 is 2.10 bits per heavy atom. The molecule has 1 N–H and O–H groups in total. The molecule has 0 heterocycles. The zero-order chi connectivity index (χ0) is 21.6. The van der Waals surface area contributed by atoms with Gasteiger partial charge in [0, 0.05) is 11.0 Å². The minimum Gasteiger partial charge on any atom is -0.348 e. The average molecular weight is 487 g/mol. The van der Waals surface area contributed by atoms with Crippen molar-refractivity contribution in [2.75, 3.05) is 6.54 Å². The molecule has 1 atom stereocenters. The van der Waals surface area contributed by atoms with Crippen LogP contribution in [0.25, 0.3) is 0 Å². The Morgan fingerprint density at radius 1 is 0.933 bits per heavy atom. The van der Waals surface area contributed by atoms with Crippen molar-refractivity contribution in [1.29, 1.82) is 0 Å². The summed E-state index contributed by atoms with van der Waals surface area (Å²) < 4.78 is 28.5. The van der Waals surface area contributed by atoms with Gasteiger partial charge in [-0.25, -0.2) is 8.42 Å². The smallest absolute Gasteiger partial charge is 0.243 e. The molecule has 0 unspecified atom stereocenters. The number of rotatable bonds is 8. The number of hydrogen-bond donors (Lipinski definition) is 1. The lowest BCUT2D eigenvalue weighted by Gasteiger charge is -2.23. The van der Waals surface area contributed by atoms with E-state index in [0.29, 0.717) is 0 Å². The summed E-state index contributed by atoms with van der Waals surface area (Å²) in [5.74, 6) is -0.358. The van der Waals surface area contributed by atoms with Gasteiger partial charge in [0.1, 0.15) is 0 Å². The minimum atomic E-state index is -3.86. The van der Waals surface area contributed by atoms with E-state index in [0.717, 1.165) is 15.6 Å². The highest BCUT2D eigenvalue weighted by Gasteiger charge is 2.27. The maximum absolute atomic E-state index is 13.3. The molecule has 0 aliphatic rings. The predicted octanol–water partition coefficient (Wildman–Crippen LogP) is 4.52. The van der Waals surface area contributed by atoms with E-state index >= 15 is 0 Å². The van der Waals surface area contributed by atoms with E-state index in [2.05, 4.69) is 21.2 Å². The minimum absolute atomic E-state index is 0.104. The Bertz CT molecular complexity index is 1070. The monoisotopic (exact) mass is 486 g/mol. The second-order valence-electron chi connectivity index (χ2n) is 6.91. The van der Waals surface area contributed by atoms with Gasteiger partial charge in [0.25, 0.3) is 0 Å². The maximum Gasteiger partial charge on any atom is 0.243 e. The van der Waals surface area contributed by atoms with Crippen molar-refractivity contribution in [2.24, 2.45) is 0 Å². The molecule has 0 fully saturated rings. The van der Waals surface area contributed by atoms with Crippen LogP contribution in [0.2, 0.25) is 0 Å². The lowest BCUT2D eigenvalue weighted by atomic mass is 10.1. The van der Waals surface area contributed by atoms with E-state index in [9.17, 15) is 13.2 Å². The van der Waals surface area contributed by atoms with Gasteiger partial charge in [-0.15, -0.1) is 0 Å². The topological polar surface area (TPSA) is 66.5 Å². The summed E-state index contributed by atoms with van der Waals surface area (Å²) in [6.45, 7) is 1.70. The van der Waals surface area contributed by atoms with Crippen molar-refractivity contribution < 1.29 is 13.2 Å². The van der Waals surface area contributed by atoms with Crippen molar-refractivity contribution in [3.63, 3.8) is 0 Å². The third-order valence-electron chi connectivity index (χ3n) is 4.65. The molecule has 0 spiro atoms. The van der Waals surface area contributed by atoms with Crippen LogP contribution in [0, 0.1) is 0 Å². The first-order chi connectivity index (χ1) is 14.4. The first kappa shape index (κ1) is 22.2. The highest BCUT2D eigenvalue weighted by molar-refractivity contribution is 9.10. The SMILES string of the molecule is C[C@@H](NC(=O)CN(Cc1ccccc1)S(=O)(=O)c1ccc(Br)cc1)c1ccccc1. The summed E-state index contributed by atoms with van der Waals surface area (Å²) in [6, 6.07) is 25.0. The fourth-order valence-electron chi connectivity index (χ4n) is 3.04. The third-order valence-corrected chi connectivity index (χ3v) is 6.98. The number of carbonyl (C=O) groups is 1. The number of benzene rings is 3. The van der Waals surface area contributed by atoms with Crippen LogP contribution < -0.4 is 5.32 Å². The van der Waals surface area contributed by atoms with Crippen molar-refractivity contribution in [3.8, 4) is 0 Å². The first-order valence-corrected chi connectivity index (χ1v) is 11.7. The standard InChI is InChI=1S/C23H23BrN2O3S/c1-18(20-10-6-3-7-11-20)25-23(27)17-26(16-19-8-4-2-5-9-19)30(28,29)22-14-12-21(24)13-15-22/h2-15,18H,16-17H2,1H3,(H,25,27)/t18-/m1/s1. The third kappa shape index (κ3) is 5.78. The van der Waals surface area contributed by atoms with Crippen molar-refractivity contribution in [2.45, 2.75) is 24.4 Å². The van der Waals surface area contributed by atoms with Crippen LogP contribution in [0.5, 0.6) is 0 Å². The molecule has 0 aromatic heterocycles. The summed E-state index contributed by atoms with van der Waals surface area (Å²) in [4.78, 5) is 12.9. The van der Waals surface area contributed by atoms with Gasteiger partial charge in [0.05, 0.1) is 17.5 Å². The molecule has 156 valence electrons. The molecule has 0 radical (unpaired) electrons. The molecular weight excluding hydrogens is 464 g/mol. The number of hydrogen-bond acceptors (Lipinski definition) is 3. The van der Waals surface area contributed by atoms with Gasteiger partial charge in [-0.3, -0.25) is 4.79 Å². The molecule has 5 nitrogen and oxygen atoms in total. The average Bonchev–Trinajstić information content (AvgIpc) is 2.75. The first-order valence-electron chi connectivity index (χ1n) is 9.50. The van der Waals surface area contributed by atoms with Crippen molar-refractivity contribution >= 4 is 31.9 Å². The zero-order valence-electron chi connectivity index (χ0n) is 16.5. The van der Waals surface area contributed by atoms with E-state index in [4.69, 9.17) is 0 Å². The Hall–Kier alpha value is -2.48. The van der Waals surface area contributed by atoms with Gasteiger partial charge in [-0.05, 0) is 42.3 Å². The highest BCUT2D eigenvalue weighted by Crippen LogP contribution is 2.21. The van der Waals surface area contributed by atoms with Crippen molar-refractivity contribution in [1.82, 2.24) is 9.62 Å². The van der Waals surface area contributed by atoms with Gasteiger partial charge in [0.15, 0.2) is 0 Å². The normalized spacial score (nSPS) is 12.5. The van der Waals surface area contributed by atoms with Gasteiger partial charge in [-0.1, -0.05) is 76.6 Å². The van der Waals surface area contributed by atoms with E-state index in [1.807, 2.05) is 67.6 Å². The highest BCUT2D eigenvalue weighted by atomic mass is 79.9. The molecule has 0 saturated heterocycles. The second-order valence-corrected chi connectivity index (χ2v) is 9.77. The molecule has 1 amide bonds. The van der Waals surface area contributed by atoms with Crippen LogP contribution in [0.4, 0.5) is 0 Å². The molecule has 3 aromatic rings. The molecule has 0 bridgehead atoms. The zero-order valence-corrected chi connectivity index (χ0v) is 18.9. The Morgan fingerprint density at radius 2 is 1.50 bits per heavy atom. The summed E-state index contributed by atoms with van der Waals surface area (Å²) in [6.07, 6.45) is 0. The van der Waals surface area contributed by atoms with Crippen LogP contribution in [-0.2, 0) is 21.4 Å².